The first-order valence-electron chi connectivity index (χ1n) is 13.1. The Balaban J connectivity index is 1.28. The highest BCUT2D eigenvalue weighted by Crippen LogP contribution is 2.64. The Morgan fingerprint density at radius 3 is 2.66 bits per heavy atom. The summed E-state index contributed by atoms with van der Waals surface area (Å²) in [7, 11) is -1.85. The number of nitrogens with zero attached hydrogens (tertiary/aromatic N) is 2. The second-order valence-electron chi connectivity index (χ2n) is 11.5. The standard InChI is InChI=1S/C28H34N2O4S/c1-29(35(32,33)18-20-6-3-2-4-7-20)22-12-13-28(31)24-16-21-8-5-9-23-25(21)27(28,26(22)34-23)14-15-30(24)17-19-10-11-19/h2-9,19,22,24,26,31H,10-18H2,1H3/t22-,24-,26+,27+,28-/m1/s1. The van der Waals surface area contributed by atoms with Crippen LogP contribution >= 0.6 is 0 Å². The fourth-order valence-electron chi connectivity index (χ4n) is 7.89. The van der Waals surface area contributed by atoms with Gasteiger partial charge in [-0.15, -0.1) is 0 Å². The topological polar surface area (TPSA) is 70.1 Å². The average molecular weight is 495 g/mol. The first-order chi connectivity index (χ1) is 16.8. The molecule has 1 N–H and O–H groups in total. The largest absolute Gasteiger partial charge is 0.487 e. The van der Waals surface area contributed by atoms with Crippen molar-refractivity contribution < 1.29 is 18.3 Å². The first-order valence-corrected chi connectivity index (χ1v) is 14.7. The predicted molar refractivity (Wildman–Crippen MR) is 134 cm³/mol. The highest BCUT2D eigenvalue weighted by molar-refractivity contribution is 7.88. The lowest BCUT2D eigenvalue weighted by molar-refractivity contribution is -0.195. The molecule has 0 aromatic heterocycles. The third kappa shape index (κ3) is 3.08. The monoisotopic (exact) mass is 494 g/mol. The molecule has 0 radical (unpaired) electrons. The van der Waals surface area contributed by atoms with Crippen LogP contribution < -0.4 is 4.74 Å². The Kier molecular flexibility index (Phi) is 4.80. The van der Waals surface area contributed by atoms with E-state index in [4.69, 9.17) is 4.74 Å². The third-order valence-corrected chi connectivity index (χ3v) is 11.6. The molecule has 3 fully saturated rings. The van der Waals surface area contributed by atoms with Crippen molar-refractivity contribution in [2.45, 2.75) is 73.5 Å². The van der Waals surface area contributed by atoms with E-state index in [0.29, 0.717) is 12.8 Å². The summed E-state index contributed by atoms with van der Waals surface area (Å²) >= 11 is 0. The van der Waals surface area contributed by atoms with Crippen LogP contribution in [0.2, 0.25) is 0 Å². The first kappa shape index (κ1) is 22.3. The molecule has 2 aromatic rings. The van der Waals surface area contributed by atoms with E-state index in [2.05, 4.69) is 17.0 Å². The van der Waals surface area contributed by atoms with Crippen LogP contribution in [0.15, 0.2) is 48.5 Å². The molecule has 1 saturated heterocycles. The second-order valence-corrected chi connectivity index (χ2v) is 13.5. The molecule has 2 aliphatic heterocycles. The predicted octanol–water partition coefficient (Wildman–Crippen LogP) is 3.08. The van der Waals surface area contributed by atoms with Gasteiger partial charge in [0.1, 0.15) is 11.9 Å². The fraction of sp³-hybridized carbons (Fsp3) is 0.571. The van der Waals surface area contributed by atoms with Crippen LogP contribution in [-0.2, 0) is 27.6 Å². The quantitative estimate of drug-likeness (QED) is 0.669. The molecule has 35 heavy (non-hydrogen) atoms. The molecule has 6 nitrogen and oxygen atoms in total. The molecule has 2 heterocycles. The van der Waals surface area contributed by atoms with Gasteiger partial charge in [-0.1, -0.05) is 42.5 Å². The van der Waals surface area contributed by atoms with Crippen LogP contribution in [0, 0.1) is 5.92 Å². The van der Waals surface area contributed by atoms with E-state index in [-0.39, 0.29) is 23.9 Å². The maximum absolute atomic E-state index is 13.6. The number of likely N-dealkylation sites (N-methyl/N-ethyl adjacent to an activating group) is 1. The van der Waals surface area contributed by atoms with Crippen molar-refractivity contribution in [1.82, 2.24) is 9.21 Å². The van der Waals surface area contributed by atoms with Crippen LogP contribution in [0.4, 0.5) is 0 Å². The molecule has 7 heteroatoms. The molecular weight excluding hydrogens is 460 g/mol. The lowest BCUT2D eigenvalue weighted by Crippen LogP contribution is -2.78. The zero-order valence-electron chi connectivity index (χ0n) is 20.3. The normalized spacial score (nSPS) is 35.6. The van der Waals surface area contributed by atoms with Crippen molar-refractivity contribution in [3.8, 4) is 5.75 Å². The van der Waals surface area contributed by atoms with E-state index in [1.807, 2.05) is 36.4 Å². The number of likely N-dealkylation sites (tertiary alicyclic amines) is 1. The van der Waals surface area contributed by atoms with Crippen LogP contribution in [0.3, 0.4) is 0 Å². The Bertz CT molecular complexity index is 1260. The van der Waals surface area contributed by atoms with Crippen LogP contribution in [0.25, 0.3) is 0 Å². The zero-order chi connectivity index (χ0) is 24.0. The molecule has 2 aromatic carbocycles. The molecule has 0 amide bonds. The Morgan fingerprint density at radius 1 is 1.09 bits per heavy atom. The average Bonchev–Trinajstić information content (AvgIpc) is 3.58. The number of ether oxygens (including phenoxy) is 1. The number of piperidine rings is 1. The van der Waals surface area contributed by atoms with Gasteiger partial charge in [-0.05, 0) is 68.2 Å². The highest BCUT2D eigenvalue weighted by atomic mass is 32.2. The number of aliphatic hydroxyl groups is 1. The number of rotatable bonds is 6. The van der Waals surface area contributed by atoms with Crippen LogP contribution in [-0.4, -0.2) is 66.7 Å². The summed E-state index contributed by atoms with van der Waals surface area (Å²) in [6, 6.07) is 15.4. The summed E-state index contributed by atoms with van der Waals surface area (Å²) in [5.41, 5.74) is 1.77. The summed E-state index contributed by atoms with van der Waals surface area (Å²) < 4.78 is 35.3. The van der Waals surface area contributed by atoms with Gasteiger partial charge in [0.15, 0.2) is 0 Å². The molecule has 0 unspecified atom stereocenters. The van der Waals surface area contributed by atoms with Crippen molar-refractivity contribution in [3.63, 3.8) is 0 Å². The van der Waals surface area contributed by atoms with Gasteiger partial charge in [0, 0.05) is 25.2 Å². The summed E-state index contributed by atoms with van der Waals surface area (Å²) in [6.07, 6.45) is 5.07. The molecule has 5 atom stereocenters. The molecular formula is C28H34N2O4S. The van der Waals surface area contributed by atoms with Crippen molar-refractivity contribution >= 4 is 10.0 Å². The summed E-state index contributed by atoms with van der Waals surface area (Å²) in [6.45, 7) is 2.00. The minimum absolute atomic E-state index is 0.0270. The number of hydrogen-bond donors (Lipinski definition) is 1. The Hall–Kier alpha value is -1.93. The van der Waals surface area contributed by atoms with Crippen LogP contribution in [0.1, 0.15) is 48.8 Å². The van der Waals surface area contributed by atoms with Crippen LogP contribution in [0.5, 0.6) is 5.75 Å². The van der Waals surface area contributed by atoms with E-state index >= 15 is 0 Å². The second kappa shape index (κ2) is 7.54. The molecule has 3 aliphatic carbocycles. The lowest BCUT2D eigenvalue weighted by Gasteiger charge is -2.64. The van der Waals surface area contributed by atoms with E-state index in [1.54, 1.807) is 11.4 Å². The van der Waals surface area contributed by atoms with Gasteiger partial charge in [0.2, 0.25) is 10.0 Å². The molecule has 2 saturated carbocycles. The van der Waals surface area contributed by atoms with E-state index in [0.717, 1.165) is 48.7 Å². The summed E-state index contributed by atoms with van der Waals surface area (Å²) in [5.74, 6) is 1.59. The maximum Gasteiger partial charge on any atom is 0.218 e. The van der Waals surface area contributed by atoms with Crippen molar-refractivity contribution in [2.24, 2.45) is 5.92 Å². The minimum Gasteiger partial charge on any atom is -0.487 e. The van der Waals surface area contributed by atoms with Crippen molar-refractivity contribution in [3.05, 3.63) is 65.2 Å². The molecule has 7 rings (SSSR count). The molecule has 186 valence electrons. The zero-order valence-corrected chi connectivity index (χ0v) is 21.1. The fourth-order valence-corrected chi connectivity index (χ4v) is 9.34. The molecule has 5 aliphatic rings. The van der Waals surface area contributed by atoms with E-state index in [1.165, 1.54) is 18.4 Å². The highest BCUT2D eigenvalue weighted by Gasteiger charge is 2.73. The molecule has 1 spiro atoms. The number of hydrogen-bond acceptors (Lipinski definition) is 5. The Morgan fingerprint density at radius 2 is 1.89 bits per heavy atom. The smallest absolute Gasteiger partial charge is 0.218 e. The third-order valence-electron chi connectivity index (χ3n) is 9.73. The SMILES string of the molecule is CN([C@@H]1CC[C@@]2(O)[C@H]3Cc4cccc5c4[C@@]2(CCN3CC2CC2)[C@H]1O5)S(=O)(=O)Cc1ccccc1. The van der Waals surface area contributed by atoms with Gasteiger partial charge in [0.05, 0.1) is 22.8 Å². The number of benzene rings is 2. The van der Waals surface area contributed by atoms with Gasteiger partial charge in [-0.3, -0.25) is 4.90 Å². The Labute approximate surface area is 207 Å². The van der Waals surface area contributed by atoms with Crippen molar-refractivity contribution in [1.29, 1.82) is 0 Å². The van der Waals surface area contributed by atoms with Gasteiger partial charge in [0.25, 0.3) is 0 Å². The van der Waals surface area contributed by atoms with Crippen molar-refractivity contribution in [2.75, 3.05) is 20.1 Å². The number of sulfonamides is 1. The summed E-state index contributed by atoms with van der Waals surface area (Å²) in [5, 5.41) is 12.6. The van der Waals surface area contributed by atoms with Gasteiger partial charge < -0.3 is 9.84 Å². The van der Waals surface area contributed by atoms with E-state index < -0.39 is 21.0 Å². The summed E-state index contributed by atoms with van der Waals surface area (Å²) in [4.78, 5) is 2.55. The lowest BCUT2D eigenvalue weighted by atomic mass is 9.48. The molecule has 2 bridgehead atoms. The maximum atomic E-state index is 13.6. The van der Waals surface area contributed by atoms with Gasteiger partial charge in [-0.2, -0.15) is 4.31 Å². The van der Waals surface area contributed by atoms with Gasteiger partial charge >= 0.3 is 0 Å². The van der Waals surface area contributed by atoms with E-state index in [9.17, 15) is 13.5 Å². The minimum atomic E-state index is -3.56. The van der Waals surface area contributed by atoms with Gasteiger partial charge in [-0.25, -0.2) is 8.42 Å².